The third-order valence-electron chi connectivity index (χ3n) is 2.41. The van der Waals surface area contributed by atoms with Crippen molar-refractivity contribution in [1.29, 1.82) is 0 Å². The van der Waals surface area contributed by atoms with Gasteiger partial charge in [-0.1, -0.05) is 0 Å². The Morgan fingerprint density at radius 3 is 2.37 bits per heavy atom. The molecule has 6 nitrogen and oxygen atoms in total. The Morgan fingerprint density at radius 1 is 1.21 bits per heavy atom. The molecule has 0 spiro atoms. The number of pyridine rings is 1. The summed E-state index contributed by atoms with van der Waals surface area (Å²) in [6.07, 6.45) is 1.12. The molecule has 1 heterocycles. The second-order valence-electron chi connectivity index (χ2n) is 3.79. The molecule has 0 aliphatic carbocycles. The van der Waals surface area contributed by atoms with Crippen molar-refractivity contribution < 1.29 is 14.5 Å². The van der Waals surface area contributed by atoms with Gasteiger partial charge in [0.25, 0.3) is 5.69 Å². The standard InChI is InChI=1S/C13H10N2O4/c1-9(16)10-2-5-12(6-3-10)19-13-7-4-11(8-14-13)15(17)18/h2-8H,1H3. The largest absolute Gasteiger partial charge is 0.439 e. The third kappa shape index (κ3) is 3.12. The molecule has 0 radical (unpaired) electrons. The highest BCUT2D eigenvalue weighted by Gasteiger charge is 2.06. The van der Waals surface area contributed by atoms with Gasteiger partial charge in [0.05, 0.1) is 4.92 Å². The van der Waals surface area contributed by atoms with E-state index in [1.165, 1.54) is 19.1 Å². The van der Waals surface area contributed by atoms with Gasteiger partial charge in [-0.2, -0.15) is 0 Å². The minimum atomic E-state index is -0.529. The van der Waals surface area contributed by atoms with Gasteiger partial charge in [0.15, 0.2) is 5.78 Å². The molecule has 0 saturated carbocycles. The lowest BCUT2D eigenvalue weighted by atomic mass is 10.1. The highest BCUT2D eigenvalue weighted by molar-refractivity contribution is 5.94. The first kappa shape index (κ1) is 12.7. The molecule has 6 heteroatoms. The number of nitrogens with zero attached hydrogens (tertiary/aromatic N) is 2. The van der Waals surface area contributed by atoms with Gasteiger partial charge in [0.1, 0.15) is 11.9 Å². The van der Waals surface area contributed by atoms with Crippen LogP contribution in [0.3, 0.4) is 0 Å². The molecule has 96 valence electrons. The number of rotatable bonds is 4. The van der Waals surface area contributed by atoms with Crippen LogP contribution in [0.1, 0.15) is 17.3 Å². The van der Waals surface area contributed by atoms with Crippen molar-refractivity contribution >= 4 is 11.5 Å². The van der Waals surface area contributed by atoms with Crippen molar-refractivity contribution in [3.8, 4) is 11.6 Å². The lowest BCUT2D eigenvalue weighted by Crippen LogP contribution is -1.93. The van der Waals surface area contributed by atoms with Gasteiger partial charge >= 0.3 is 0 Å². The quantitative estimate of drug-likeness (QED) is 0.478. The normalized spacial score (nSPS) is 9.95. The molecule has 2 aromatic rings. The summed E-state index contributed by atoms with van der Waals surface area (Å²) in [6, 6.07) is 9.29. The van der Waals surface area contributed by atoms with Crippen molar-refractivity contribution in [2.75, 3.05) is 0 Å². The van der Waals surface area contributed by atoms with Crippen LogP contribution in [0.2, 0.25) is 0 Å². The number of ether oxygens (including phenoxy) is 1. The van der Waals surface area contributed by atoms with E-state index in [4.69, 9.17) is 4.74 Å². The molecule has 0 amide bonds. The van der Waals surface area contributed by atoms with Gasteiger partial charge in [0, 0.05) is 17.7 Å². The Hall–Kier alpha value is -2.76. The SMILES string of the molecule is CC(=O)c1ccc(Oc2ccc([N+](=O)[O-])cn2)cc1. The van der Waals surface area contributed by atoms with Crippen LogP contribution in [0.15, 0.2) is 42.6 Å². The topological polar surface area (TPSA) is 82.3 Å². The highest BCUT2D eigenvalue weighted by atomic mass is 16.6. The molecule has 19 heavy (non-hydrogen) atoms. The fraction of sp³-hybridized carbons (Fsp3) is 0.0769. The number of carbonyl (C=O) groups is 1. The van der Waals surface area contributed by atoms with Crippen molar-refractivity contribution in [3.63, 3.8) is 0 Å². The minimum absolute atomic E-state index is 0.0278. The van der Waals surface area contributed by atoms with Crippen LogP contribution in [-0.2, 0) is 0 Å². The number of Topliss-reactive ketones (excluding diaryl/α,β-unsaturated/α-hetero) is 1. The monoisotopic (exact) mass is 258 g/mol. The van der Waals surface area contributed by atoms with Gasteiger partial charge in [-0.3, -0.25) is 14.9 Å². The van der Waals surface area contributed by atoms with E-state index in [1.807, 2.05) is 0 Å². The number of benzene rings is 1. The van der Waals surface area contributed by atoms with Crippen molar-refractivity contribution in [2.24, 2.45) is 0 Å². The first-order chi connectivity index (χ1) is 9.06. The smallest absolute Gasteiger partial charge is 0.287 e. The number of aromatic nitrogens is 1. The summed E-state index contributed by atoms with van der Waals surface area (Å²) < 4.78 is 5.40. The van der Waals surface area contributed by atoms with Gasteiger partial charge in [-0.15, -0.1) is 0 Å². The predicted octanol–water partition coefficient (Wildman–Crippen LogP) is 2.98. The van der Waals surface area contributed by atoms with Crippen LogP contribution in [0.25, 0.3) is 0 Å². The van der Waals surface area contributed by atoms with Gasteiger partial charge in [-0.05, 0) is 31.2 Å². The third-order valence-corrected chi connectivity index (χ3v) is 2.41. The molecule has 0 atom stereocenters. The Morgan fingerprint density at radius 2 is 1.89 bits per heavy atom. The van der Waals surface area contributed by atoms with E-state index < -0.39 is 4.92 Å². The Labute approximate surface area is 108 Å². The van der Waals surface area contributed by atoms with E-state index in [0.29, 0.717) is 11.3 Å². The summed E-state index contributed by atoms with van der Waals surface area (Å²) in [4.78, 5) is 24.9. The number of nitro groups is 1. The predicted molar refractivity (Wildman–Crippen MR) is 67.4 cm³/mol. The van der Waals surface area contributed by atoms with Crippen LogP contribution in [0, 0.1) is 10.1 Å². The summed E-state index contributed by atoms with van der Waals surface area (Å²) in [5.41, 5.74) is 0.489. The molecule has 0 unspecified atom stereocenters. The zero-order chi connectivity index (χ0) is 13.8. The van der Waals surface area contributed by atoms with Crippen LogP contribution < -0.4 is 4.74 Å². The molecule has 2 rings (SSSR count). The molecule has 0 saturated heterocycles. The molecule has 0 fully saturated rings. The molecular weight excluding hydrogens is 248 g/mol. The second-order valence-corrected chi connectivity index (χ2v) is 3.79. The fourth-order valence-corrected chi connectivity index (χ4v) is 1.42. The van der Waals surface area contributed by atoms with Crippen molar-refractivity contribution in [3.05, 3.63) is 58.3 Å². The maximum atomic E-state index is 11.1. The van der Waals surface area contributed by atoms with Gasteiger partial charge < -0.3 is 4.74 Å². The molecule has 0 aliphatic rings. The van der Waals surface area contributed by atoms with E-state index in [-0.39, 0.29) is 17.4 Å². The molecule has 0 aliphatic heterocycles. The van der Waals surface area contributed by atoms with E-state index in [9.17, 15) is 14.9 Å². The van der Waals surface area contributed by atoms with E-state index in [2.05, 4.69) is 4.98 Å². The van der Waals surface area contributed by atoms with E-state index in [1.54, 1.807) is 24.3 Å². The van der Waals surface area contributed by atoms with Gasteiger partial charge in [-0.25, -0.2) is 4.98 Å². The van der Waals surface area contributed by atoms with Crippen LogP contribution in [-0.4, -0.2) is 15.7 Å². The first-order valence-electron chi connectivity index (χ1n) is 5.45. The lowest BCUT2D eigenvalue weighted by Gasteiger charge is -2.04. The average molecular weight is 258 g/mol. The lowest BCUT2D eigenvalue weighted by molar-refractivity contribution is -0.385. The van der Waals surface area contributed by atoms with Crippen molar-refractivity contribution in [2.45, 2.75) is 6.92 Å². The summed E-state index contributed by atoms with van der Waals surface area (Å²) in [7, 11) is 0. The van der Waals surface area contributed by atoms with E-state index >= 15 is 0 Å². The molecule has 0 N–H and O–H groups in total. The molecular formula is C13H10N2O4. The number of ketones is 1. The maximum absolute atomic E-state index is 11.1. The molecule has 0 bridgehead atoms. The highest BCUT2D eigenvalue weighted by Crippen LogP contribution is 2.21. The maximum Gasteiger partial charge on any atom is 0.287 e. The fourth-order valence-electron chi connectivity index (χ4n) is 1.42. The minimum Gasteiger partial charge on any atom is -0.439 e. The summed E-state index contributed by atoms with van der Waals surface area (Å²) in [6.45, 7) is 1.48. The van der Waals surface area contributed by atoms with Crippen LogP contribution in [0.4, 0.5) is 5.69 Å². The Balaban J connectivity index is 2.12. The zero-order valence-corrected chi connectivity index (χ0v) is 10.1. The Kier molecular flexibility index (Phi) is 3.51. The van der Waals surface area contributed by atoms with Crippen LogP contribution in [0.5, 0.6) is 11.6 Å². The van der Waals surface area contributed by atoms with Crippen molar-refractivity contribution in [1.82, 2.24) is 4.98 Å². The second kappa shape index (κ2) is 5.26. The summed E-state index contributed by atoms with van der Waals surface area (Å²) in [5.74, 6) is 0.729. The Bertz CT molecular complexity index is 550. The number of hydrogen-bond donors (Lipinski definition) is 0. The zero-order valence-electron chi connectivity index (χ0n) is 10.1. The summed E-state index contributed by atoms with van der Waals surface area (Å²) >= 11 is 0. The van der Waals surface area contributed by atoms with Gasteiger partial charge in [0.2, 0.25) is 5.88 Å². The van der Waals surface area contributed by atoms with Crippen LogP contribution >= 0.6 is 0 Å². The number of hydrogen-bond acceptors (Lipinski definition) is 5. The summed E-state index contributed by atoms with van der Waals surface area (Å²) in [5, 5.41) is 10.5. The molecule has 1 aromatic carbocycles. The number of carbonyl (C=O) groups excluding carboxylic acids is 1. The van der Waals surface area contributed by atoms with E-state index in [0.717, 1.165) is 6.20 Å². The molecule has 1 aromatic heterocycles. The average Bonchev–Trinajstić information content (AvgIpc) is 2.40. The first-order valence-corrected chi connectivity index (χ1v) is 5.45.